The molecule has 2 aromatic rings. The van der Waals surface area contributed by atoms with E-state index in [2.05, 4.69) is 52.3 Å². The summed E-state index contributed by atoms with van der Waals surface area (Å²) >= 11 is 11.4. The second kappa shape index (κ2) is 7.63. The summed E-state index contributed by atoms with van der Waals surface area (Å²) in [5, 5.41) is 2.87. The van der Waals surface area contributed by atoms with E-state index in [0.717, 1.165) is 34.6 Å². The van der Waals surface area contributed by atoms with Crippen LogP contribution in [0.4, 0.5) is 5.69 Å². The Balaban J connectivity index is 2.21. The van der Waals surface area contributed by atoms with Crippen LogP contribution in [0.1, 0.15) is 23.8 Å². The van der Waals surface area contributed by atoms with Gasteiger partial charge in [-0.25, -0.2) is 0 Å². The molecule has 1 atom stereocenters. The number of anilines is 1. The predicted molar refractivity (Wildman–Crippen MR) is 97.5 cm³/mol. The minimum atomic E-state index is 0.189. The molecular weight excluding hydrogens is 368 g/mol. The molecule has 0 spiro atoms. The monoisotopic (exact) mass is 386 g/mol. The van der Waals surface area contributed by atoms with E-state index in [0.29, 0.717) is 0 Å². The molecule has 21 heavy (non-hydrogen) atoms. The first kappa shape index (κ1) is 16.8. The molecular formula is C16H20BrClN2S. The van der Waals surface area contributed by atoms with Crippen LogP contribution in [-0.2, 0) is 13.0 Å². The molecule has 1 aromatic carbocycles. The summed E-state index contributed by atoms with van der Waals surface area (Å²) in [6.07, 6.45) is 1.85. The van der Waals surface area contributed by atoms with Crippen LogP contribution in [0.15, 0.2) is 34.1 Å². The highest BCUT2D eigenvalue weighted by Crippen LogP contribution is 2.28. The van der Waals surface area contributed by atoms with Crippen molar-refractivity contribution >= 4 is 44.6 Å². The number of halogens is 2. The van der Waals surface area contributed by atoms with Gasteiger partial charge in [0.25, 0.3) is 0 Å². The molecule has 5 heteroatoms. The van der Waals surface area contributed by atoms with E-state index >= 15 is 0 Å². The molecule has 114 valence electrons. The average Bonchev–Trinajstić information content (AvgIpc) is 2.85. The third kappa shape index (κ3) is 4.71. The third-order valence-corrected chi connectivity index (χ3v) is 5.40. The number of thiophene rings is 1. The van der Waals surface area contributed by atoms with Crippen molar-refractivity contribution in [3.8, 4) is 0 Å². The molecule has 0 aliphatic heterocycles. The molecule has 1 aromatic heterocycles. The third-order valence-electron chi connectivity index (χ3n) is 3.48. The lowest BCUT2D eigenvalue weighted by molar-refractivity contribution is 0.645. The largest absolute Gasteiger partial charge is 0.369 e. The summed E-state index contributed by atoms with van der Waals surface area (Å²) in [6.45, 7) is 2.98. The van der Waals surface area contributed by atoms with Crippen molar-refractivity contribution in [3.05, 3.63) is 49.6 Å². The molecule has 0 aliphatic carbocycles. The van der Waals surface area contributed by atoms with Crippen molar-refractivity contribution in [1.82, 2.24) is 0 Å². The molecule has 2 nitrogen and oxygen atoms in total. The highest BCUT2D eigenvalue weighted by atomic mass is 79.9. The summed E-state index contributed by atoms with van der Waals surface area (Å²) in [5.74, 6) is 0. The Bertz CT molecular complexity index is 600. The lowest BCUT2D eigenvalue weighted by Crippen LogP contribution is -2.24. The Morgan fingerprint density at radius 1 is 1.38 bits per heavy atom. The minimum Gasteiger partial charge on any atom is -0.369 e. The fourth-order valence-corrected chi connectivity index (χ4v) is 3.92. The zero-order valence-corrected chi connectivity index (χ0v) is 15.4. The van der Waals surface area contributed by atoms with Gasteiger partial charge >= 0.3 is 0 Å². The van der Waals surface area contributed by atoms with Gasteiger partial charge < -0.3 is 10.6 Å². The van der Waals surface area contributed by atoms with E-state index in [-0.39, 0.29) is 6.04 Å². The minimum absolute atomic E-state index is 0.189. The van der Waals surface area contributed by atoms with E-state index in [4.69, 9.17) is 17.3 Å². The molecule has 0 aliphatic rings. The number of hydrogen-bond donors (Lipinski definition) is 1. The van der Waals surface area contributed by atoms with Gasteiger partial charge in [-0.2, -0.15) is 0 Å². The Morgan fingerprint density at radius 3 is 2.76 bits per heavy atom. The van der Waals surface area contributed by atoms with Gasteiger partial charge in [-0.15, -0.1) is 11.3 Å². The van der Waals surface area contributed by atoms with Crippen molar-refractivity contribution in [2.75, 3.05) is 11.9 Å². The van der Waals surface area contributed by atoms with Crippen LogP contribution in [0.2, 0.25) is 5.02 Å². The van der Waals surface area contributed by atoms with Crippen molar-refractivity contribution in [2.24, 2.45) is 5.73 Å². The highest BCUT2D eigenvalue weighted by Gasteiger charge is 2.12. The van der Waals surface area contributed by atoms with Crippen LogP contribution >= 0.6 is 38.9 Å². The van der Waals surface area contributed by atoms with Crippen molar-refractivity contribution in [1.29, 1.82) is 0 Å². The summed E-state index contributed by atoms with van der Waals surface area (Å²) in [4.78, 5) is 3.55. The second-order valence-corrected chi connectivity index (χ2v) is 7.58. The normalized spacial score (nSPS) is 12.4. The number of nitrogens with zero attached hydrogens (tertiary/aromatic N) is 1. The molecule has 2 N–H and O–H groups in total. The van der Waals surface area contributed by atoms with Crippen LogP contribution in [0.5, 0.6) is 0 Å². The summed E-state index contributed by atoms with van der Waals surface area (Å²) in [6, 6.07) is 8.41. The molecule has 0 saturated carbocycles. The summed E-state index contributed by atoms with van der Waals surface area (Å²) < 4.78 is 1.13. The van der Waals surface area contributed by atoms with Crippen LogP contribution in [0, 0.1) is 0 Å². The number of nitrogens with two attached hydrogens (primary N) is 1. The van der Waals surface area contributed by atoms with Gasteiger partial charge in [0, 0.05) is 38.5 Å². The van der Waals surface area contributed by atoms with Gasteiger partial charge in [0.1, 0.15) is 0 Å². The van der Waals surface area contributed by atoms with Crippen LogP contribution < -0.4 is 10.6 Å². The molecule has 0 amide bonds. The SMILES string of the molecule is CCC(N)Cc1ccc(Cl)cc1N(C)Cc1cc(Br)cs1. The van der Waals surface area contributed by atoms with Gasteiger partial charge in [-0.05, 0) is 52.5 Å². The summed E-state index contributed by atoms with van der Waals surface area (Å²) in [7, 11) is 2.10. The van der Waals surface area contributed by atoms with E-state index in [1.54, 1.807) is 11.3 Å². The Hall–Kier alpha value is -0.550. The first-order chi connectivity index (χ1) is 9.99. The average molecular weight is 388 g/mol. The number of rotatable bonds is 6. The maximum atomic E-state index is 6.18. The Morgan fingerprint density at radius 2 is 2.14 bits per heavy atom. The zero-order valence-electron chi connectivity index (χ0n) is 12.3. The van der Waals surface area contributed by atoms with E-state index in [1.165, 1.54) is 10.4 Å². The zero-order chi connectivity index (χ0) is 15.4. The quantitative estimate of drug-likeness (QED) is 0.749. The Labute approximate surface area is 144 Å². The second-order valence-electron chi connectivity index (χ2n) is 5.23. The molecule has 0 fully saturated rings. The highest BCUT2D eigenvalue weighted by molar-refractivity contribution is 9.10. The van der Waals surface area contributed by atoms with Gasteiger partial charge in [-0.3, -0.25) is 0 Å². The fourth-order valence-electron chi connectivity index (χ4n) is 2.25. The maximum absolute atomic E-state index is 6.18. The first-order valence-corrected chi connectivity index (χ1v) is 9.02. The lowest BCUT2D eigenvalue weighted by atomic mass is 10.0. The van der Waals surface area contributed by atoms with Gasteiger partial charge in [0.15, 0.2) is 0 Å². The van der Waals surface area contributed by atoms with E-state index in [1.807, 2.05) is 12.1 Å². The van der Waals surface area contributed by atoms with Gasteiger partial charge in [-0.1, -0.05) is 24.6 Å². The molecule has 0 radical (unpaired) electrons. The summed E-state index contributed by atoms with van der Waals surface area (Å²) in [5.41, 5.74) is 8.53. The maximum Gasteiger partial charge on any atom is 0.0520 e. The van der Waals surface area contributed by atoms with Gasteiger partial charge in [0.05, 0.1) is 6.54 Å². The smallest absolute Gasteiger partial charge is 0.0520 e. The van der Waals surface area contributed by atoms with Crippen molar-refractivity contribution in [2.45, 2.75) is 32.4 Å². The Kier molecular flexibility index (Phi) is 6.11. The van der Waals surface area contributed by atoms with Gasteiger partial charge in [0.2, 0.25) is 0 Å². The van der Waals surface area contributed by atoms with E-state index < -0.39 is 0 Å². The molecule has 1 unspecified atom stereocenters. The number of hydrogen-bond acceptors (Lipinski definition) is 3. The fraction of sp³-hybridized carbons (Fsp3) is 0.375. The van der Waals surface area contributed by atoms with Crippen molar-refractivity contribution in [3.63, 3.8) is 0 Å². The predicted octanol–water partition coefficient (Wildman–Crippen LogP) is 5.08. The lowest BCUT2D eigenvalue weighted by Gasteiger charge is -2.23. The van der Waals surface area contributed by atoms with E-state index in [9.17, 15) is 0 Å². The standard InChI is InChI=1S/C16H20BrClN2S/c1-3-14(19)6-11-4-5-13(18)8-16(11)20(2)9-15-7-12(17)10-21-15/h4-5,7-8,10,14H,3,6,9,19H2,1-2H3. The van der Waals surface area contributed by atoms with Crippen molar-refractivity contribution < 1.29 is 0 Å². The topological polar surface area (TPSA) is 29.3 Å². The van der Waals surface area contributed by atoms with Crippen LogP contribution in [0.3, 0.4) is 0 Å². The number of benzene rings is 1. The van der Waals surface area contributed by atoms with Crippen LogP contribution in [0.25, 0.3) is 0 Å². The molecule has 1 heterocycles. The first-order valence-electron chi connectivity index (χ1n) is 6.97. The molecule has 0 saturated heterocycles. The molecule has 2 rings (SSSR count). The molecule has 0 bridgehead atoms. The van der Waals surface area contributed by atoms with Crippen LogP contribution in [-0.4, -0.2) is 13.1 Å².